The largest absolute Gasteiger partial charge is 0.482 e. The van der Waals surface area contributed by atoms with E-state index in [1.165, 1.54) is 0 Å². The minimum absolute atomic E-state index is 0.0175. The molecule has 8 heteroatoms. The number of nitrogens with one attached hydrogen (secondary N) is 1. The number of carbonyl (C=O) groups is 2. The Morgan fingerprint density at radius 2 is 2.12 bits per heavy atom. The number of ether oxygens (including phenoxy) is 2. The van der Waals surface area contributed by atoms with Crippen molar-refractivity contribution in [3.63, 3.8) is 0 Å². The molecule has 26 heavy (non-hydrogen) atoms. The van der Waals surface area contributed by atoms with Crippen LogP contribution in [-0.2, 0) is 14.3 Å². The molecule has 2 heterocycles. The zero-order valence-electron chi connectivity index (χ0n) is 14.0. The Morgan fingerprint density at radius 3 is 2.85 bits per heavy atom. The molecule has 138 valence electrons. The number of hydrogen-bond acceptors (Lipinski definition) is 6. The molecule has 6 nitrogen and oxygen atoms in total. The Balaban J connectivity index is 1.45. The molecule has 0 spiro atoms. The van der Waals surface area contributed by atoms with Crippen LogP contribution in [0.15, 0.2) is 41.8 Å². The lowest BCUT2D eigenvalue weighted by Crippen LogP contribution is -2.50. The van der Waals surface area contributed by atoms with Crippen LogP contribution in [0.2, 0.25) is 5.02 Å². The van der Waals surface area contributed by atoms with Crippen LogP contribution >= 0.6 is 22.9 Å². The summed E-state index contributed by atoms with van der Waals surface area (Å²) in [5.41, 5.74) is 0. The first-order valence-electron chi connectivity index (χ1n) is 8.22. The second-order valence-corrected chi connectivity index (χ2v) is 7.12. The number of halogens is 1. The number of thiophene rings is 1. The minimum Gasteiger partial charge on any atom is -0.482 e. The van der Waals surface area contributed by atoms with Crippen molar-refractivity contribution in [2.45, 2.75) is 6.04 Å². The molecule has 1 saturated heterocycles. The van der Waals surface area contributed by atoms with Gasteiger partial charge < -0.3 is 14.8 Å². The molecule has 0 radical (unpaired) electrons. The lowest BCUT2D eigenvalue weighted by molar-refractivity contribution is -0.146. The maximum Gasteiger partial charge on any atom is 0.344 e. The first-order chi connectivity index (χ1) is 12.6. The highest BCUT2D eigenvalue weighted by molar-refractivity contribution is 7.10. The molecule has 0 aliphatic carbocycles. The zero-order valence-corrected chi connectivity index (χ0v) is 15.6. The van der Waals surface area contributed by atoms with Gasteiger partial charge in [-0.15, -0.1) is 11.3 Å². The summed E-state index contributed by atoms with van der Waals surface area (Å²) in [6, 6.07) is 10.3. The molecule has 1 aliphatic rings. The van der Waals surface area contributed by atoms with Crippen LogP contribution in [0.4, 0.5) is 0 Å². The van der Waals surface area contributed by atoms with Crippen molar-refractivity contribution in [1.82, 2.24) is 10.2 Å². The van der Waals surface area contributed by atoms with E-state index < -0.39 is 5.97 Å². The predicted molar refractivity (Wildman–Crippen MR) is 99.5 cm³/mol. The van der Waals surface area contributed by atoms with E-state index in [0.29, 0.717) is 30.4 Å². The number of amides is 1. The van der Waals surface area contributed by atoms with Crippen LogP contribution in [0.3, 0.4) is 0 Å². The van der Waals surface area contributed by atoms with Gasteiger partial charge in [-0.3, -0.25) is 9.69 Å². The van der Waals surface area contributed by atoms with Gasteiger partial charge in [0.15, 0.2) is 6.61 Å². The number of hydrogen-bond donors (Lipinski definition) is 1. The zero-order chi connectivity index (χ0) is 18.4. The monoisotopic (exact) mass is 394 g/mol. The van der Waals surface area contributed by atoms with Crippen LogP contribution in [0, 0.1) is 0 Å². The van der Waals surface area contributed by atoms with Gasteiger partial charge in [0.1, 0.15) is 18.4 Å². The van der Waals surface area contributed by atoms with Crippen LogP contribution in [-0.4, -0.2) is 49.6 Å². The van der Waals surface area contributed by atoms with Gasteiger partial charge in [0.25, 0.3) is 0 Å². The third-order valence-electron chi connectivity index (χ3n) is 3.94. The molecule has 1 N–H and O–H groups in total. The van der Waals surface area contributed by atoms with Gasteiger partial charge in [-0.2, -0.15) is 0 Å². The quantitative estimate of drug-likeness (QED) is 0.731. The van der Waals surface area contributed by atoms with Crippen molar-refractivity contribution in [3.8, 4) is 5.75 Å². The normalized spacial score (nSPS) is 17.6. The van der Waals surface area contributed by atoms with E-state index >= 15 is 0 Å². The summed E-state index contributed by atoms with van der Waals surface area (Å²) >= 11 is 7.34. The van der Waals surface area contributed by atoms with Gasteiger partial charge in [0, 0.05) is 29.5 Å². The minimum atomic E-state index is -0.450. The smallest absolute Gasteiger partial charge is 0.344 e. The highest BCUT2D eigenvalue weighted by Crippen LogP contribution is 2.26. The predicted octanol–water partition coefficient (Wildman–Crippen LogP) is 2.50. The summed E-state index contributed by atoms with van der Waals surface area (Å²) in [6.45, 7) is 1.83. The van der Waals surface area contributed by atoms with E-state index in [1.54, 1.807) is 35.6 Å². The number of piperazine rings is 1. The average molecular weight is 395 g/mol. The van der Waals surface area contributed by atoms with E-state index in [-0.39, 0.29) is 25.2 Å². The standard InChI is InChI=1S/C18H19ClN2O4S/c19-13-3-5-14(6-4-13)25-12-16(22)24-10-9-21-8-7-20-18(23)17(21)15-2-1-11-26-15/h1-6,11,17H,7-10,12H2,(H,20,23)/t17-/m1/s1. The summed E-state index contributed by atoms with van der Waals surface area (Å²) in [6.07, 6.45) is 0. The van der Waals surface area contributed by atoms with Crippen LogP contribution in [0.25, 0.3) is 0 Å². The Labute approximate surface area is 160 Å². The fourth-order valence-electron chi connectivity index (χ4n) is 2.70. The molecule has 1 amide bonds. The molecule has 1 aliphatic heterocycles. The van der Waals surface area contributed by atoms with E-state index in [1.807, 2.05) is 22.4 Å². The SMILES string of the molecule is O=C(COc1ccc(Cl)cc1)OCCN1CCNC(=O)[C@H]1c1cccs1. The van der Waals surface area contributed by atoms with Gasteiger partial charge in [-0.05, 0) is 35.7 Å². The highest BCUT2D eigenvalue weighted by atomic mass is 35.5. The van der Waals surface area contributed by atoms with E-state index in [4.69, 9.17) is 21.1 Å². The van der Waals surface area contributed by atoms with Crippen molar-refractivity contribution in [3.05, 3.63) is 51.7 Å². The van der Waals surface area contributed by atoms with Crippen molar-refractivity contribution >= 4 is 34.8 Å². The van der Waals surface area contributed by atoms with E-state index in [9.17, 15) is 9.59 Å². The van der Waals surface area contributed by atoms with Crippen molar-refractivity contribution in [1.29, 1.82) is 0 Å². The summed E-state index contributed by atoms with van der Waals surface area (Å²) in [5.74, 6) is 0.0852. The van der Waals surface area contributed by atoms with Gasteiger partial charge in [-0.1, -0.05) is 17.7 Å². The molecule has 0 saturated carbocycles. The first kappa shape index (κ1) is 18.7. The molecule has 1 atom stereocenters. The first-order valence-corrected chi connectivity index (χ1v) is 9.48. The molecule has 1 aromatic heterocycles. The number of nitrogens with zero attached hydrogens (tertiary/aromatic N) is 1. The van der Waals surface area contributed by atoms with Crippen LogP contribution in [0.1, 0.15) is 10.9 Å². The molecule has 1 aromatic carbocycles. The van der Waals surface area contributed by atoms with Crippen molar-refractivity contribution < 1.29 is 19.1 Å². The summed E-state index contributed by atoms with van der Waals surface area (Å²) in [4.78, 5) is 27.0. The number of rotatable bonds is 7. The summed E-state index contributed by atoms with van der Waals surface area (Å²) in [5, 5.41) is 5.43. The van der Waals surface area contributed by atoms with Crippen molar-refractivity contribution in [2.75, 3.05) is 32.8 Å². The third-order valence-corrected chi connectivity index (χ3v) is 5.11. The second-order valence-electron chi connectivity index (χ2n) is 5.71. The van der Waals surface area contributed by atoms with Gasteiger partial charge in [-0.25, -0.2) is 4.79 Å². The summed E-state index contributed by atoms with van der Waals surface area (Å²) in [7, 11) is 0. The molecule has 1 fully saturated rings. The maximum absolute atomic E-state index is 12.2. The second kappa shape index (κ2) is 9.02. The van der Waals surface area contributed by atoms with Gasteiger partial charge >= 0.3 is 5.97 Å². The Kier molecular flexibility index (Phi) is 6.49. The number of esters is 1. The Hall–Kier alpha value is -2.09. The molecule has 0 unspecified atom stereocenters. The van der Waals surface area contributed by atoms with E-state index in [0.717, 1.165) is 4.88 Å². The molecule has 3 rings (SSSR count). The fraction of sp³-hybridized carbons (Fsp3) is 0.333. The highest BCUT2D eigenvalue weighted by Gasteiger charge is 2.31. The van der Waals surface area contributed by atoms with Crippen LogP contribution < -0.4 is 10.1 Å². The fourth-order valence-corrected chi connectivity index (χ4v) is 3.69. The molecular weight excluding hydrogens is 376 g/mol. The molecule has 2 aromatic rings. The number of benzene rings is 1. The lowest BCUT2D eigenvalue weighted by Gasteiger charge is -2.34. The maximum atomic E-state index is 12.2. The molecular formula is C18H19ClN2O4S. The van der Waals surface area contributed by atoms with E-state index in [2.05, 4.69) is 5.32 Å². The lowest BCUT2D eigenvalue weighted by atomic mass is 10.1. The average Bonchev–Trinajstić information content (AvgIpc) is 3.15. The Morgan fingerprint density at radius 1 is 1.31 bits per heavy atom. The van der Waals surface area contributed by atoms with Crippen molar-refractivity contribution in [2.24, 2.45) is 0 Å². The topological polar surface area (TPSA) is 67.9 Å². The van der Waals surface area contributed by atoms with Gasteiger partial charge in [0.05, 0.1) is 0 Å². The van der Waals surface area contributed by atoms with Gasteiger partial charge in [0.2, 0.25) is 5.91 Å². The van der Waals surface area contributed by atoms with Crippen LogP contribution in [0.5, 0.6) is 5.75 Å². The third kappa shape index (κ3) is 4.97. The Bertz CT molecular complexity index is 736. The summed E-state index contributed by atoms with van der Waals surface area (Å²) < 4.78 is 10.6. The molecule has 0 bridgehead atoms. The number of carbonyl (C=O) groups excluding carboxylic acids is 2.